The van der Waals surface area contributed by atoms with Gasteiger partial charge in [0.15, 0.2) is 12.7 Å². The summed E-state index contributed by atoms with van der Waals surface area (Å²) in [6.07, 6.45) is -0.823. The maximum absolute atomic E-state index is 13.5. The Morgan fingerprint density at radius 1 is 1.10 bits per heavy atom. The van der Waals surface area contributed by atoms with Crippen LogP contribution in [0.1, 0.15) is 16.8 Å². The molecule has 0 saturated carbocycles. The lowest BCUT2D eigenvalue weighted by Crippen LogP contribution is -2.50. The Balaban J connectivity index is 1.32. The summed E-state index contributed by atoms with van der Waals surface area (Å²) in [7, 11) is 1.50. The van der Waals surface area contributed by atoms with E-state index in [4.69, 9.17) is 37.4 Å². The molecule has 3 aromatic carbocycles. The van der Waals surface area contributed by atoms with Gasteiger partial charge in [0.25, 0.3) is 17.7 Å². The van der Waals surface area contributed by atoms with Gasteiger partial charge in [0.2, 0.25) is 0 Å². The molecule has 0 aliphatic carbocycles. The number of halogens is 3. The molecule has 2 N–H and O–H groups in total. The van der Waals surface area contributed by atoms with E-state index in [0.29, 0.717) is 33.5 Å². The highest BCUT2D eigenvalue weighted by molar-refractivity contribution is 6.31. The zero-order valence-electron chi connectivity index (χ0n) is 21.9. The van der Waals surface area contributed by atoms with Crippen LogP contribution < -0.4 is 29.7 Å². The van der Waals surface area contributed by atoms with Crippen LogP contribution in [0.5, 0.6) is 17.2 Å². The van der Waals surface area contributed by atoms with E-state index < -0.39 is 23.7 Å². The first-order valence-electron chi connectivity index (χ1n) is 12.4. The van der Waals surface area contributed by atoms with E-state index in [1.54, 1.807) is 42.5 Å². The number of amides is 3. The van der Waals surface area contributed by atoms with Crippen molar-refractivity contribution in [2.75, 3.05) is 31.7 Å². The fourth-order valence-corrected chi connectivity index (χ4v) is 4.22. The molecule has 41 heavy (non-hydrogen) atoms. The lowest BCUT2D eigenvalue weighted by atomic mass is 10.1. The third kappa shape index (κ3) is 7.68. The van der Waals surface area contributed by atoms with Gasteiger partial charge in [0.05, 0.1) is 24.4 Å². The first kappa shape index (κ1) is 29.7. The largest absolute Gasteiger partial charge is 0.497 e. The molecule has 1 aliphatic heterocycles. The lowest BCUT2D eigenvalue weighted by Gasteiger charge is -2.34. The predicted octanol–water partition coefficient (Wildman–Crippen LogP) is 4.76. The number of fused-ring (bicyclic) bond motifs is 1. The monoisotopic (exact) mass is 601 g/mol. The van der Waals surface area contributed by atoms with Crippen LogP contribution in [0.4, 0.5) is 10.1 Å². The van der Waals surface area contributed by atoms with Crippen LogP contribution >= 0.6 is 23.2 Å². The molecule has 3 amide bonds. The Hall–Kier alpha value is -4.28. The molecule has 214 valence electrons. The molecule has 1 heterocycles. The highest BCUT2D eigenvalue weighted by Gasteiger charge is 2.35. The van der Waals surface area contributed by atoms with E-state index in [9.17, 15) is 18.8 Å². The molecule has 0 saturated heterocycles. The molecule has 9 nitrogen and oxygen atoms in total. The number of nitrogens with zero attached hydrogens (tertiary/aromatic N) is 1. The highest BCUT2D eigenvalue weighted by atomic mass is 35.5. The Kier molecular flexibility index (Phi) is 9.69. The second kappa shape index (κ2) is 13.4. The zero-order chi connectivity index (χ0) is 29.5. The summed E-state index contributed by atoms with van der Waals surface area (Å²) < 4.78 is 29.9. The van der Waals surface area contributed by atoms with Crippen LogP contribution in [-0.4, -0.2) is 50.6 Å². The summed E-state index contributed by atoms with van der Waals surface area (Å²) in [5.41, 5.74) is 1.12. The number of carbonyl (C=O) groups excluding carboxylic acids is 3. The van der Waals surface area contributed by atoms with E-state index in [-0.39, 0.29) is 42.8 Å². The van der Waals surface area contributed by atoms with Gasteiger partial charge in [-0.25, -0.2) is 4.39 Å². The molecule has 0 fully saturated rings. The number of hydrogen-bond donors (Lipinski definition) is 2. The molecule has 4 rings (SSSR count). The van der Waals surface area contributed by atoms with Crippen molar-refractivity contribution in [3.8, 4) is 17.2 Å². The number of carbonyl (C=O) groups is 3. The van der Waals surface area contributed by atoms with Gasteiger partial charge in [-0.2, -0.15) is 0 Å². The number of methoxy groups -OCH3 is 1. The number of benzene rings is 3. The third-order valence-corrected chi connectivity index (χ3v) is 6.54. The first-order chi connectivity index (χ1) is 19.6. The second-order valence-corrected chi connectivity index (χ2v) is 9.77. The van der Waals surface area contributed by atoms with E-state index in [1.165, 1.54) is 24.1 Å². The number of ether oxygens (including phenoxy) is 3. The summed E-state index contributed by atoms with van der Waals surface area (Å²) in [6.45, 7) is 3.58. The van der Waals surface area contributed by atoms with E-state index >= 15 is 0 Å². The standard InChI is InChI=1S/C29H26Cl2FN3O6/c1-17(10-11-33-27(36)16-40-21-7-8-22(31)23(32)14-21)34-28(37)26-15-35(24-13-19(30)6-9-25(24)41-26)29(38)18-4-3-5-20(12-18)39-2/h3-9,12-14,26H,1,10-11,15-16H2,2H3,(H,33,36)(H,34,37). The van der Waals surface area contributed by atoms with Crippen molar-refractivity contribution in [3.63, 3.8) is 0 Å². The van der Waals surface area contributed by atoms with Crippen molar-refractivity contribution in [2.24, 2.45) is 0 Å². The van der Waals surface area contributed by atoms with Gasteiger partial charge in [-0.1, -0.05) is 35.8 Å². The van der Waals surface area contributed by atoms with Crippen molar-refractivity contribution < 1.29 is 33.0 Å². The minimum atomic E-state index is -1.04. The summed E-state index contributed by atoms with van der Waals surface area (Å²) in [5, 5.41) is 5.65. The Labute approximate surface area is 245 Å². The molecule has 3 aromatic rings. The van der Waals surface area contributed by atoms with Crippen LogP contribution in [0.3, 0.4) is 0 Å². The summed E-state index contributed by atoms with van der Waals surface area (Å²) in [5.74, 6) is -0.990. The fourth-order valence-electron chi connectivity index (χ4n) is 3.93. The van der Waals surface area contributed by atoms with Crippen LogP contribution in [0.25, 0.3) is 0 Å². The van der Waals surface area contributed by atoms with Crippen LogP contribution in [0.2, 0.25) is 10.0 Å². The van der Waals surface area contributed by atoms with E-state index in [1.807, 2.05) is 0 Å². The number of anilines is 1. The average molecular weight is 602 g/mol. The van der Waals surface area contributed by atoms with Crippen LogP contribution in [0.15, 0.2) is 72.9 Å². The van der Waals surface area contributed by atoms with Crippen LogP contribution in [0, 0.1) is 5.82 Å². The summed E-state index contributed by atoms with van der Waals surface area (Å²) in [4.78, 5) is 40.0. The molecule has 0 spiro atoms. The zero-order valence-corrected chi connectivity index (χ0v) is 23.4. The van der Waals surface area contributed by atoms with Crippen molar-refractivity contribution in [1.82, 2.24) is 10.6 Å². The Bertz CT molecular complexity index is 1480. The SMILES string of the molecule is C=C(CCNC(=O)COc1ccc(Cl)c(F)c1)NC(=O)C1CN(C(=O)c2cccc(OC)c2)c2cc(Cl)ccc2O1. The quantitative estimate of drug-likeness (QED) is 0.347. The summed E-state index contributed by atoms with van der Waals surface area (Å²) in [6, 6.07) is 15.3. The van der Waals surface area contributed by atoms with Gasteiger partial charge in [-0.05, 0) is 48.5 Å². The number of nitrogens with one attached hydrogen (secondary N) is 2. The molecule has 0 bridgehead atoms. The van der Waals surface area contributed by atoms with Gasteiger partial charge in [-0.3, -0.25) is 14.4 Å². The third-order valence-electron chi connectivity index (χ3n) is 5.99. The molecular formula is C29H26Cl2FN3O6. The first-order valence-corrected chi connectivity index (χ1v) is 13.2. The molecule has 0 radical (unpaired) electrons. The normalized spacial score (nSPS) is 13.9. The van der Waals surface area contributed by atoms with Gasteiger partial charge < -0.3 is 29.7 Å². The van der Waals surface area contributed by atoms with Gasteiger partial charge in [0.1, 0.15) is 23.1 Å². The van der Waals surface area contributed by atoms with Crippen molar-refractivity contribution in [1.29, 1.82) is 0 Å². The lowest BCUT2D eigenvalue weighted by molar-refractivity contribution is -0.127. The van der Waals surface area contributed by atoms with Crippen LogP contribution in [-0.2, 0) is 9.59 Å². The van der Waals surface area contributed by atoms with Gasteiger partial charge in [0, 0.05) is 35.3 Å². The number of hydrogen-bond acceptors (Lipinski definition) is 6. The maximum Gasteiger partial charge on any atom is 0.267 e. The Morgan fingerprint density at radius 2 is 1.90 bits per heavy atom. The highest BCUT2D eigenvalue weighted by Crippen LogP contribution is 2.37. The van der Waals surface area contributed by atoms with Gasteiger partial charge >= 0.3 is 0 Å². The molecule has 0 aromatic heterocycles. The second-order valence-electron chi connectivity index (χ2n) is 8.92. The van der Waals surface area contributed by atoms with Crippen molar-refractivity contribution in [3.05, 3.63) is 94.4 Å². The fraction of sp³-hybridized carbons (Fsp3) is 0.207. The molecule has 1 aliphatic rings. The minimum Gasteiger partial charge on any atom is -0.497 e. The van der Waals surface area contributed by atoms with Gasteiger partial charge in [-0.15, -0.1) is 0 Å². The predicted molar refractivity (Wildman–Crippen MR) is 152 cm³/mol. The molecule has 12 heteroatoms. The van der Waals surface area contributed by atoms with Crippen molar-refractivity contribution >= 4 is 46.6 Å². The van der Waals surface area contributed by atoms with Crippen molar-refractivity contribution in [2.45, 2.75) is 12.5 Å². The molecule has 1 atom stereocenters. The number of rotatable bonds is 10. The Morgan fingerprint density at radius 3 is 2.66 bits per heavy atom. The maximum atomic E-state index is 13.5. The summed E-state index contributed by atoms with van der Waals surface area (Å²) >= 11 is 11.8. The topological polar surface area (TPSA) is 106 Å². The molecular weight excluding hydrogens is 576 g/mol. The molecule has 1 unspecified atom stereocenters. The smallest absolute Gasteiger partial charge is 0.267 e. The van der Waals surface area contributed by atoms with E-state index in [0.717, 1.165) is 6.07 Å². The van der Waals surface area contributed by atoms with E-state index in [2.05, 4.69) is 17.2 Å². The minimum absolute atomic E-state index is 0.0502. The average Bonchev–Trinajstić information content (AvgIpc) is 2.96.